The molecule has 0 saturated heterocycles. The van der Waals surface area contributed by atoms with Gasteiger partial charge in [-0.15, -0.1) is 12.8 Å². The first kappa shape index (κ1) is 22.3. The fourth-order valence-electron chi connectivity index (χ4n) is 2.45. The van der Waals surface area contributed by atoms with Gasteiger partial charge in [0.15, 0.2) is 17.6 Å². The predicted molar refractivity (Wildman–Crippen MR) is 114 cm³/mol. The summed E-state index contributed by atoms with van der Waals surface area (Å²) >= 11 is 3.37. The number of benzene rings is 2. The van der Waals surface area contributed by atoms with Crippen molar-refractivity contribution in [2.45, 2.75) is 12.6 Å². The smallest absolute Gasteiger partial charge is 0.267 e. The highest BCUT2D eigenvalue weighted by Crippen LogP contribution is 2.28. The van der Waals surface area contributed by atoms with Crippen LogP contribution in [0.4, 0.5) is 0 Å². The minimum Gasteiger partial charge on any atom is -0.493 e. The van der Waals surface area contributed by atoms with Crippen molar-refractivity contribution in [3.8, 4) is 36.2 Å². The normalized spacial score (nSPS) is 11.0. The van der Waals surface area contributed by atoms with Crippen molar-refractivity contribution in [3.05, 3.63) is 58.1 Å². The number of carbonyl (C=O) groups is 1. The van der Waals surface area contributed by atoms with Crippen molar-refractivity contribution >= 4 is 21.8 Å². The highest BCUT2D eigenvalue weighted by molar-refractivity contribution is 9.10. The third kappa shape index (κ3) is 6.85. The lowest BCUT2D eigenvalue weighted by Crippen LogP contribution is -2.40. The van der Waals surface area contributed by atoms with Crippen LogP contribution in [0.25, 0.3) is 0 Å². The van der Waals surface area contributed by atoms with Crippen LogP contribution in [0.15, 0.2) is 46.9 Å². The van der Waals surface area contributed by atoms with Gasteiger partial charge >= 0.3 is 0 Å². The molecule has 0 heterocycles. The van der Waals surface area contributed by atoms with Gasteiger partial charge in [-0.1, -0.05) is 46.0 Å². The van der Waals surface area contributed by atoms with Gasteiger partial charge in [-0.25, -0.2) is 5.43 Å². The van der Waals surface area contributed by atoms with Gasteiger partial charge in [-0.05, 0) is 35.4 Å². The second-order valence-corrected chi connectivity index (χ2v) is 6.68. The van der Waals surface area contributed by atoms with E-state index in [2.05, 4.69) is 38.6 Å². The van der Waals surface area contributed by atoms with E-state index in [1.807, 2.05) is 18.2 Å². The standard InChI is InChI=1S/C22H21BrN2O4/c1-4-12-28-19-11-6-16(14-20(19)27-3)15-24-25-22(26)21(29-13-5-2)17-7-9-18(23)10-8-17/h1-2,6-11,14,21,24H,12-13,15H2,3H3,(H,25,26). The largest absolute Gasteiger partial charge is 0.493 e. The Labute approximate surface area is 179 Å². The number of ether oxygens (including phenoxy) is 3. The van der Waals surface area contributed by atoms with Gasteiger partial charge in [0.25, 0.3) is 5.91 Å². The van der Waals surface area contributed by atoms with Crippen molar-refractivity contribution in [2.75, 3.05) is 20.3 Å². The molecular weight excluding hydrogens is 436 g/mol. The molecule has 0 fully saturated rings. The van der Waals surface area contributed by atoms with Gasteiger partial charge in [0.1, 0.15) is 13.2 Å². The first-order valence-corrected chi connectivity index (χ1v) is 9.44. The number of carbonyl (C=O) groups excluding carboxylic acids is 1. The van der Waals surface area contributed by atoms with Crippen LogP contribution in [0.3, 0.4) is 0 Å². The number of methoxy groups -OCH3 is 1. The van der Waals surface area contributed by atoms with Crippen molar-refractivity contribution in [3.63, 3.8) is 0 Å². The molecule has 6 nitrogen and oxygen atoms in total. The zero-order chi connectivity index (χ0) is 21.1. The summed E-state index contributed by atoms with van der Waals surface area (Å²) in [5.41, 5.74) is 7.10. The molecule has 2 N–H and O–H groups in total. The zero-order valence-corrected chi connectivity index (χ0v) is 17.5. The molecule has 150 valence electrons. The number of hydrogen-bond acceptors (Lipinski definition) is 5. The summed E-state index contributed by atoms with van der Waals surface area (Å²) in [5.74, 6) is 5.53. The lowest BCUT2D eigenvalue weighted by Gasteiger charge is -2.18. The van der Waals surface area contributed by atoms with Crippen molar-refractivity contribution in [1.29, 1.82) is 0 Å². The fourth-order valence-corrected chi connectivity index (χ4v) is 2.72. The molecule has 0 radical (unpaired) electrons. The van der Waals surface area contributed by atoms with E-state index in [1.165, 1.54) is 0 Å². The third-order valence-corrected chi connectivity index (χ3v) is 4.32. The van der Waals surface area contributed by atoms with Crippen molar-refractivity contribution < 1.29 is 19.0 Å². The maximum absolute atomic E-state index is 12.6. The maximum Gasteiger partial charge on any atom is 0.267 e. The molecule has 2 aromatic rings. The van der Waals surface area contributed by atoms with E-state index in [1.54, 1.807) is 31.4 Å². The van der Waals surface area contributed by atoms with Crippen LogP contribution in [0.2, 0.25) is 0 Å². The van der Waals surface area contributed by atoms with E-state index in [-0.39, 0.29) is 19.1 Å². The van der Waals surface area contributed by atoms with Gasteiger partial charge in [0, 0.05) is 11.0 Å². The summed E-state index contributed by atoms with van der Waals surface area (Å²) in [6.07, 6.45) is 9.64. The number of amides is 1. The molecule has 0 aliphatic carbocycles. The van der Waals surface area contributed by atoms with Crippen molar-refractivity contribution in [2.24, 2.45) is 0 Å². The lowest BCUT2D eigenvalue weighted by atomic mass is 10.1. The Kier molecular flexibility index (Phi) is 9.07. The molecule has 0 aliphatic rings. The number of rotatable bonds is 10. The second-order valence-electron chi connectivity index (χ2n) is 5.77. The second kappa shape index (κ2) is 11.8. The Morgan fingerprint density at radius 3 is 2.48 bits per heavy atom. The average Bonchev–Trinajstić information content (AvgIpc) is 2.74. The average molecular weight is 457 g/mol. The molecule has 1 amide bonds. The van der Waals surface area contributed by atoms with Gasteiger partial charge in [0.2, 0.25) is 0 Å². The molecule has 2 rings (SSSR count). The van der Waals surface area contributed by atoms with E-state index in [0.29, 0.717) is 23.6 Å². The lowest BCUT2D eigenvalue weighted by molar-refractivity contribution is -0.133. The summed E-state index contributed by atoms with van der Waals surface area (Å²) in [6, 6.07) is 12.7. The maximum atomic E-state index is 12.6. The van der Waals surface area contributed by atoms with E-state index in [9.17, 15) is 4.79 Å². The monoisotopic (exact) mass is 456 g/mol. The van der Waals surface area contributed by atoms with E-state index in [4.69, 9.17) is 27.1 Å². The van der Waals surface area contributed by atoms with Crippen molar-refractivity contribution in [1.82, 2.24) is 10.9 Å². The SMILES string of the molecule is C#CCOc1ccc(CNNC(=O)C(OCC#C)c2ccc(Br)cc2)cc1OC. The summed E-state index contributed by atoms with van der Waals surface area (Å²) in [6.45, 7) is 0.531. The molecule has 29 heavy (non-hydrogen) atoms. The van der Waals surface area contributed by atoms with Crippen LogP contribution in [0.1, 0.15) is 17.2 Å². The topological polar surface area (TPSA) is 68.8 Å². The first-order valence-electron chi connectivity index (χ1n) is 8.65. The molecule has 0 spiro atoms. The van der Waals surface area contributed by atoms with Crippen LogP contribution in [-0.4, -0.2) is 26.2 Å². The molecule has 7 heteroatoms. The number of halogens is 1. The minimum absolute atomic E-state index is 0.0183. The quantitative estimate of drug-likeness (QED) is 0.424. The van der Waals surface area contributed by atoms with Crippen LogP contribution in [0.5, 0.6) is 11.5 Å². The summed E-state index contributed by atoms with van der Waals surface area (Å²) in [4.78, 5) is 12.6. The fraction of sp³-hybridized carbons (Fsp3) is 0.227. The molecule has 0 saturated carbocycles. The van der Waals surface area contributed by atoms with Crippen LogP contribution in [0, 0.1) is 24.7 Å². The molecule has 1 atom stereocenters. The Bertz CT molecular complexity index is 901. The summed E-state index contributed by atoms with van der Waals surface area (Å²) in [7, 11) is 1.54. The summed E-state index contributed by atoms with van der Waals surface area (Å²) < 4.78 is 17.1. The van der Waals surface area contributed by atoms with Gasteiger partial charge in [-0.2, -0.15) is 0 Å². The van der Waals surface area contributed by atoms with Gasteiger partial charge in [-0.3, -0.25) is 10.2 Å². The third-order valence-electron chi connectivity index (χ3n) is 3.79. The van der Waals surface area contributed by atoms with Crippen LogP contribution >= 0.6 is 15.9 Å². The number of hydrogen-bond donors (Lipinski definition) is 2. The highest BCUT2D eigenvalue weighted by atomic mass is 79.9. The molecular formula is C22H21BrN2O4. The molecule has 0 aliphatic heterocycles. The Hall–Kier alpha value is -2.97. The Morgan fingerprint density at radius 2 is 1.83 bits per heavy atom. The van der Waals surface area contributed by atoms with E-state index in [0.717, 1.165) is 10.0 Å². The summed E-state index contributed by atoms with van der Waals surface area (Å²) in [5, 5.41) is 0. The molecule has 0 bridgehead atoms. The molecule has 0 aromatic heterocycles. The van der Waals surface area contributed by atoms with Gasteiger partial charge < -0.3 is 14.2 Å². The van der Waals surface area contributed by atoms with Crippen LogP contribution in [-0.2, 0) is 16.1 Å². The first-order chi connectivity index (χ1) is 14.1. The zero-order valence-electron chi connectivity index (χ0n) is 15.9. The predicted octanol–water partition coefficient (Wildman–Crippen LogP) is 2.98. The Morgan fingerprint density at radius 1 is 1.10 bits per heavy atom. The molecule has 1 unspecified atom stereocenters. The van der Waals surface area contributed by atoms with Crippen LogP contribution < -0.4 is 20.3 Å². The highest BCUT2D eigenvalue weighted by Gasteiger charge is 2.21. The number of terminal acetylenes is 2. The molecule has 2 aromatic carbocycles. The van der Waals surface area contributed by atoms with Gasteiger partial charge in [0.05, 0.1) is 7.11 Å². The Balaban J connectivity index is 1.98. The number of nitrogens with one attached hydrogen (secondary N) is 2. The minimum atomic E-state index is -0.833. The van der Waals surface area contributed by atoms with E-state index < -0.39 is 6.10 Å². The van der Waals surface area contributed by atoms with E-state index >= 15 is 0 Å². The number of hydrazine groups is 1.